The van der Waals surface area contributed by atoms with Gasteiger partial charge in [0.2, 0.25) is 0 Å². The van der Waals surface area contributed by atoms with E-state index < -0.39 is 0 Å². The first-order valence-electron chi connectivity index (χ1n) is 9.05. The second-order valence-corrected chi connectivity index (χ2v) is 7.67. The molecule has 0 radical (unpaired) electrons. The first kappa shape index (κ1) is 18.2. The smallest absolute Gasteiger partial charge is 0.262 e. The standard InChI is InChI=1S/C23H20N2O2S/c1-15-11-12-16(2)20(13-15)27-14-22(26)24-18-8-4-3-7-17(18)23-25-19-9-5-6-10-21(19)28-23/h3-13H,14H2,1-2H3,(H,24,26). The maximum atomic E-state index is 12.5. The third-order valence-corrected chi connectivity index (χ3v) is 5.50. The molecule has 0 bridgehead atoms. The second kappa shape index (κ2) is 7.82. The number of rotatable bonds is 5. The fourth-order valence-corrected chi connectivity index (χ4v) is 3.96. The average molecular weight is 388 g/mol. The Bertz CT molecular complexity index is 1120. The number of hydrogen-bond donors (Lipinski definition) is 1. The normalized spacial score (nSPS) is 10.8. The third-order valence-electron chi connectivity index (χ3n) is 4.43. The van der Waals surface area contributed by atoms with Gasteiger partial charge in [-0.05, 0) is 55.3 Å². The van der Waals surface area contributed by atoms with Crippen molar-refractivity contribution in [3.63, 3.8) is 0 Å². The van der Waals surface area contributed by atoms with Crippen molar-refractivity contribution in [1.29, 1.82) is 0 Å². The lowest BCUT2D eigenvalue weighted by Crippen LogP contribution is -2.20. The molecule has 0 aliphatic rings. The Balaban J connectivity index is 1.52. The number of aryl methyl sites for hydroxylation is 2. The van der Waals surface area contributed by atoms with Gasteiger partial charge in [-0.15, -0.1) is 11.3 Å². The first-order valence-corrected chi connectivity index (χ1v) is 9.87. The van der Waals surface area contributed by atoms with Crippen LogP contribution in [0.25, 0.3) is 20.8 Å². The van der Waals surface area contributed by atoms with Crippen LogP contribution in [0.2, 0.25) is 0 Å². The maximum absolute atomic E-state index is 12.5. The number of aromatic nitrogens is 1. The number of fused-ring (bicyclic) bond motifs is 1. The van der Waals surface area contributed by atoms with Crippen LogP contribution >= 0.6 is 11.3 Å². The number of amides is 1. The van der Waals surface area contributed by atoms with Crippen LogP contribution < -0.4 is 10.1 Å². The highest BCUT2D eigenvalue weighted by molar-refractivity contribution is 7.21. The Hall–Kier alpha value is -3.18. The van der Waals surface area contributed by atoms with Gasteiger partial charge in [0.15, 0.2) is 6.61 Å². The molecular weight excluding hydrogens is 368 g/mol. The van der Waals surface area contributed by atoms with Crippen molar-refractivity contribution in [3.05, 3.63) is 77.9 Å². The molecule has 1 amide bonds. The molecule has 28 heavy (non-hydrogen) atoms. The van der Waals surface area contributed by atoms with Crippen molar-refractivity contribution in [2.24, 2.45) is 0 Å². The van der Waals surface area contributed by atoms with E-state index in [1.807, 2.05) is 74.5 Å². The monoisotopic (exact) mass is 388 g/mol. The highest BCUT2D eigenvalue weighted by atomic mass is 32.1. The SMILES string of the molecule is Cc1ccc(C)c(OCC(=O)Nc2ccccc2-c2nc3ccccc3s2)c1. The molecular formula is C23H20N2O2S. The van der Waals surface area contributed by atoms with Crippen molar-refractivity contribution in [1.82, 2.24) is 4.98 Å². The van der Waals surface area contributed by atoms with Gasteiger partial charge < -0.3 is 10.1 Å². The molecule has 1 heterocycles. The Morgan fingerprint density at radius 3 is 2.68 bits per heavy atom. The number of carbonyl (C=O) groups excluding carboxylic acids is 1. The van der Waals surface area contributed by atoms with Crippen LogP contribution in [0, 0.1) is 13.8 Å². The summed E-state index contributed by atoms with van der Waals surface area (Å²) in [6.45, 7) is 3.92. The summed E-state index contributed by atoms with van der Waals surface area (Å²) in [6.07, 6.45) is 0. The summed E-state index contributed by atoms with van der Waals surface area (Å²) in [5, 5.41) is 3.84. The van der Waals surface area contributed by atoms with Gasteiger partial charge in [0.1, 0.15) is 10.8 Å². The second-order valence-electron chi connectivity index (χ2n) is 6.64. The quantitative estimate of drug-likeness (QED) is 0.484. The fourth-order valence-electron chi connectivity index (χ4n) is 2.96. The van der Waals surface area contributed by atoms with Gasteiger partial charge in [0.25, 0.3) is 5.91 Å². The number of anilines is 1. The van der Waals surface area contributed by atoms with Gasteiger partial charge in [-0.1, -0.05) is 36.4 Å². The molecule has 0 spiro atoms. The Kier molecular flexibility index (Phi) is 5.08. The van der Waals surface area contributed by atoms with Crippen molar-refractivity contribution in [2.75, 3.05) is 11.9 Å². The van der Waals surface area contributed by atoms with E-state index in [4.69, 9.17) is 9.72 Å². The number of nitrogens with one attached hydrogen (secondary N) is 1. The van der Waals surface area contributed by atoms with Crippen LogP contribution in [0.5, 0.6) is 5.75 Å². The number of ether oxygens (including phenoxy) is 1. The minimum atomic E-state index is -0.200. The Labute approximate surface area is 167 Å². The van der Waals surface area contributed by atoms with E-state index in [1.165, 1.54) is 0 Å². The molecule has 1 N–H and O–H groups in total. The van der Waals surface area contributed by atoms with Crippen LogP contribution in [0.4, 0.5) is 5.69 Å². The summed E-state index contributed by atoms with van der Waals surface area (Å²) < 4.78 is 6.84. The molecule has 140 valence electrons. The summed E-state index contributed by atoms with van der Waals surface area (Å²) >= 11 is 1.61. The lowest BCUT2D eigenvalue weighted by Gasteiger charge is -2.12. The van der Waals surface area contributed by atoms with Crippen LogP contribution in [-0.2, 0) is 4.79 Å². The molecule has 5 heteroatoms. The van der Waals surface area contributed by atoms with E-state index in [2.05, 4.69) is 11.4 Å². The molecule has 3 aromatic carbocycles. The largest absolute Gasteiger partial charge is 0.483 e. The molecule has 0 aliphatic heterocycles. The first-order chi connectivity index (χ1) is 13.6. The highest BCUT2D eigenvalue weighted by Crippen LogP contribution is 2.34. The number of carbonyl (C=O) groups is 1. The molecule has 4 rings (SSSR count). The van der Waals surface area contributed by atoms with E-state index >= 15 is 0 Å². The highest BCUT2D eigenvalue weighted by Gasteiger charge is 2.13. The van der Waals surface area contributed by atoms with Gasteiger partial charge in [0.05, 0.1) is 15.9 Å². The summed E-state index contributed by atoms with van der Waals surface area (Å²) in [7, 11) is 0. The van der Waals surface area contributed by atoms with Crippen molar-refractivity contribution in [2.45, 2.75) is 13.8 Å². The Morgan fingerprint density at radius 1 is 1.04 bits per heavy atom. The van der Waals surface area contributed by atoms with Crippen molar-refractivity contribution >= 4 is 33.1 Å². The molecule has 0 aliphatic carbocycles. The summed E-state index contributed by atoms with van der Waals surface area (Å²) in [4.78, 5) is 17.2. The molecule has 4 nitrogen and oxygen atoms in total. The minimum Gasteiger partial charge on any atom is -0.483 e. The molecule has 0 unspecified atom stereocenters. The molecule has 1 aromatic heterocycles. The molecule has 0 fully saturated rings. The van der Waals surface area contributed by atoms with Gasteiger partial charge in [-0.2, -0.15) is 0 Å². The minimum absolute atomic E-state index is 0.0432. The van der Waals surface area contributed by atoms with Crippen LogP contribution in [0.15, 0.2) is 66.7 Å². The number of benzene rings is 3. The predicted octanol–water partition coefficient (Wildman–Crippen LogP) is 5.60. The number of hydrogen-bond acceptors (Lipinski definition) is 4. The van der Waals surface area contributed by atoms with Gasteiger partial charge in [0, 0.05) is 5.56 Å². The fraction of sp³-hybridized carbons (Fsp3) is 0.130. The van der Waals surface area contributed by atoms with E-state index in [-0.39, 0.29) is 12.5 Å². The van der Waals surface area contributed by atoms with E-state index in [0.29, 0.717) is 0 Å². The maximum Gasteiger partial charge on any atom is 0.262 e. The van der Waals surface area contributed by atoms with Crippen LogP contribution in [0.3, 0.4) is 0 Å². The number of para-hydroxylation sites is 2. The van der Waals surface area contributed by atoms with E-state index in [0.717, 1.165) is 43.4 Å². The topological polar surface area (TPSA) is 51.2 Å². The average Bonchev–Trinajstić information content (AvgIpc) is 3.13. The zero-order valence-corrected chi connectivity index (χ0v) is 16.5. The zero-order valence-electron chi connectivity index (χ0n) is 15.7. The molecule has 4 aromatic rings. The molecule has 0 saturated heterocycles. The number of thiazole rings is 1. The molecule has 0 atom stereocenters. The summed E-state index contributed by atoms with van der Waals surface area (Å²) in [5.41, 5.74) is 4.71. The van der Waals surface area contributed by atoms with Crippen molar-refractivity contribution < 1.29 is 9.53 Å². The lowest BCUT2D eigenvalue weighted by molar-refractivity contribution is -0.118. The number of nitrogens with zero attached hydrogens (tertiary/aromatic N) is 1. The van der Waals surface area contributed by atoms with Gasteiger partial charge >= 0.3 is 0 Å². The van der Waals surface area contributed by atoms with Crippen molar-refractivity contribution in [3.8, 4) is 16.3 Å². The Morgan fingerprint density at radius 2 is 1.82 bits per heavy atom. The van der Waals surface area contributed by atoms with E-state index in [1.54, 1.807) is 11.3 Å². The van der Waals surface area contributed by atoms with E-state index in [9.17, 15) is 4.79 Å². The lowest BCUT2D eigenvalue weighted by atomic mass is 10.1. The van der Waals surface area contributed by atoms with Gasteiger partial charge in [-0.25, -0.2) is 4.98 Å². The zero-order chi connectivity index (χ0) is 19.5. The summed E-state index contributed by atoms with van der Waals surface area (Å²) in [5.74, 6) is 0.532. The van der Waals surface area contributed by atoms with Gasteiger partial charge in [-0.3, -0.25) is 4.79 Å². The molecule has 0 saturated carbocycles. The predicted molar refractivity (Wildman–Crippen MR) is 115 cm³/mol. The summed E-state index contributed by atoms with van der Waals surface area (Å²) in [6, 6.07) is 21.7. The van der Waals surface area contributed by atoms with Crippen LogP contribution in [-0.4, -0.2) is 17.5 Å². The third kappa shape index (κ3) is 3.89. The van der Waals surface area contributed by atoms with Crippen LogP contribution in [0.1, 0.15) is 11.1 Å².